The zero-order valence-corrected chi connectivity index (χ0v) is 47.9. The maximum absolute atomic E-state index is 12.6. The summed E-state index contributed by atoms with van der Waals surface area (Å²) in [6.45, 7) is 4.05. The Morgan fingerprint density at radius 3 is 0.958 bits per heavy atom. The van der Waals surface area contributed by atoms with E-state index >= 15 is 0 Å². The lowest BCUT2D eigenvalue weighted by Gasteiger charge is -2.27. The summed E-state index contributed by atoms with van der Waals surface area (Å²) < 4.78 is 0. The predicted octanol–water partition coefficient (Wildman–Crippen LogP) is 19.1. The summed E-state index contributed by atoms with van der Waals surface area (Å²) >= 11 is 0. The van der Waals surface area contributed by atoms with Crippen LogP contribution in [0.2, 0.25) is 0 Å². The van der Waals surface area contributed by atoms with Crippen molar-refractivity contribution in [1.82, 2.24) is 5.32 Å². The van der Waals surface area contributed by atoms with Gasteiger partial charge in [0.1, 0.15) is 12.2 Å². The lowest BCUT2D eigenvalue weighted by atomic mass is 10.00. The van der Waals surface area contributed by atoms with Crippen LogP contribution in [0.15, 0.2) is 60.8 Å². The largest absolute Gasteiger partial charge is 0.394 e. The van der Waals surface area contributed by atoms with E-state index < -0.39 is 36.9 Å². The van der Waals surface area contributed by atoms with Crippen molar-refractivity contribution >= 4 is 5.91 Å². The Labute approximate surface area is 448 Å². The maximum Gasteiger partial charge on any atom is 0.249 e. The molecule has 6 nitrogen and oxygen atoms in total. The van der Waals surface area contributed by atoms with Crippen LogP contribution in [0.3, 0.4) is 0 Å². The number of carbonyl (C=O) groups is 1. The molecular weight excluding hydrogens is 887 g/mol. The number of allylic oxidation sites excluding steroid dienone is 10. The molecule has 72 heavy (non-hydrogen) atoms. The van der Waals surface area contributed by atoms with Crippen LogP contribution in [0.1, 0.15) is 322 Å². The van der Waals surface area contributed by atoms with Crippen LogP contribution in [0, 0.1) is 0 Å². The highest BCUT2D eigenvalue weighted by Gasteiger charge is 2.28. The van der Waals surface area contributed by atoms with E-state index in [4.69, 9.17) is 0 Å². The Balaban J connectivity index is 3.59. The summed E-state index contributed by atoms with van der Waals surface area (Å²) in [4.78, 5) is 12.6. The first-order valence-electron chi connectivity index (χ1n) is 31.7. The minimum atomic E-state index is -1.30. The summed E-state index contributed by atoms with van der Waals surface area (Å²) in [7, 11) is 0. The molecule has 0 aromatic carbocycles. The summed E-state index contributed by atoms with van der Waals surface area (Å²) in [5.41, 5.74) is 0. The number of hydrogen-bond acceptors (Lipinski definition) is 5. The second kappa shape index (κ2) is 59.9. The maximum atomic E-state index is 12.6. The number of aliphatic hydroxyl groups excluding tert-OH is 4. The topological polar surface area (TPSA) is 110 Å². The molecule has 0 aromatic heterocycles. The Morgan fingerprint density at radius 1 is 0.347 bits per heavy atom. The normalized spacial score (nSPS) is 14.0. The van der Waals surface area contributed by atoms with Gasteiger partial charge in [-0.15, -0.1) is 0 Å². The molecule has 4 atom stereocenters. The Hall–Kier alpha value is -1.99. The van der Waals surface area contributed by atoms with Gasteiger partial charge in [-0.3, -0.25) is 4.79 Å². The molecule has 0 rings (SSSR count). The fourth-order valence-electron chi connectivity index (χ4n) is 9.71. The zero-order chi connectivity index (χ0) is 52.3. The van der Waals surface area contributed by atoms with Gasteiger partial charge in [-0.25, -0.2) is 0 Å². The van der Waals surface area contributed by atoms with E-state index in [0.717, 1.165) is 57.8 Å². The molecule has 0 spiro atoms. The van der Waals surface area contributed by atoms with Gasteiger partial charge < -0.3 is 25.7 Å². The Morgan fingerprint density at radius 2 is 0.625 bits per heavy atom. The number of rotatable bonds is 58. The van der Waals surface area contributed by atoms with Gasteiger partial charge in [-0.1, -0.05) is 286 Å². The molecule has 0 saturated carbocycles. The third-order valence-corrected chi connectivity index (χ3v) is 14.7. The fourth-order valence-corrected chi connectivity index (χ4v) is 9.71. The highest BCUT2D eigenvalue weighted by molar-refractivity contribution is 5.80. The average molecular weight is 1010 g/mol. The van der Waals surface area contributed by atoms with Crippen LogP contribution in [-0.4, -0.2) is 57.3 Å². The zero-order valence-electron chi connectivity index (χ0n) is 47.9. The molecule has 0 aliphatic heterocycles. The van der Waals surface area contributed by atoms with Gasteiger partial charge >= 0.3 is 0 Å². The van der Waals surface area contributed by atoms with Crippen molar-refractivity contribution in [3.63, 3.8) is 0 Å². The fraction of sp³-hybridized carbons (Fsp3) is 0.833. The lowest BCUT2D eigenvalue weighted by Crippen LogP contribution is -2.53. The van der Waals surface area contributed by atoms with E-state index in [1.165, 1.54) is 231 Å². The number of nitrogens with one attached hydrogen (secondary N) is 1. The first kappa shape index (κ1) is 70.0. The van der Waals surface area contributed by atoms with Crippen LogP contribution < -0.4 is 5.32 Å². The quantitative estimate of drug-likeness (QED) is 0.0308. The number of hydrogen-bond donors (Lipinski definition) is 5. The summed E-state index contributed by atoms with van der Waals surface area (Å²) in [6, 6.07) is -1.01. The molecule has 5 N–H and O–H groups in total. The van der Waals surface area contributed by atoms with Crippen molar-refractivity contribution in [2.24, 2.45) is 0 Å². The van der Waals surface area contributed by atoms with Gasteiger partial charge in [-0.05, 0) is 96.3 Å². The molecule has 0 aliphatic carbocycles. The highest BCUT2D eigenvalue weighted by Crippen LogP contribution is 2.17. The first-order valence-corrected chi connectivity index (χ1v) is 31.7. The number of unbranched alkanes of at least 4 members (excludes halogenated alkanes) is 39. The molecule has 0 radical (unpaired) electrons. The number of aliphatic hydroxyl groups is 4. The molecule has 0 aromatic rings. The summed E-state index contributed by atoms with van der Waals surface area (Å²) in [6.07, 6.45) is 79.0. The van der Waals surface area contributed by atoms with Crippen molar-refractivity contribution in [2.45, 2.75) is 346 Å². The van der Waals surface area contributed by atoms with Gasteiger partial charge in [0, 0.05) is 0 Å². The van der Waals surface area contributed by atoms with Crippen molar-refractivity contribution in [3.05, 3.63) is 60.8 Å². The standard InChI is InChI=1S/C66H123NO5/c1-3-5-7-9-11-13-15-17-19-21-23-24-25-26-27-28-29-30-31-32-33-34-35-36-37-38-39-40-41-42-44-46-48-50-52-54-56-58-60-64(70)66(72)67-62(61-68)65(71)63(69)59-57-55-53-51-49-47-45-43-22-20-18-16-14-12-10-8-6-4-2/h16,18,29-30,32-33,43,45,51,53,62-65,68-71H,3-15,17,19-28,31,34-42,44,46-50,52,54-61H2,1-2H3,(H,67,72)/b18-16+,30-29-,33-32-,45-43+,53-51+. The Kier molecular flexibility index (Phi) is 58.2. The highest BCUT2D eigenvalue weighted by atomic mass is 16.3. The van der Waals surface area contributed by atoms with Gasteiger partial charge in [0.15, 0.2) is 0 Å². The summed E-state index contributed by atoms with van der Waals surface area (Å²) in [5.74, 6) is -0.598. The lowest BCUT2D eigenvalue weighted by molar-refractivity contribution is -0.132. The molecule has 0 saturated heterocycles. The van der Waals surface area contributed by atoms with Gasteiger partial charge in [-0.2, -0.15) is 0 Å². The second-order valence-corrected chi connectivity index (χ2v) is 21.7. The van der Waals surface area contributed by atoms with Crippen molar-refractivity contribution in [2.75, 3.05) is 6.61 Å². The molecule has 0 bridgehead atoms. The van der Waals surface area contributed by atoms with Crippen molar-refractivity contribution in [3.8, 4) is 0 Å². The number of amides is 1. The van der Waals surface area contributed by atoms with E-state index in [0.29, 0.717) is 19.3 Å². The molecule has 0 fully saturated rings. The van der Waals surface area contributed by atoms with E-state index in [2.05, 4.69) is 79.9 Å². The molecule has 422 valence electrons. The molecule has 0 aliphatic rings. The first-order chi connectivity index (χ1) is 35.5. The predicted molar refractivity (Wildman–Crippen MR) is 316 cm³/mol. The SMILES string of the molecule is CCCCCCC/C=C/CC/C=C/CC/C=C/CCCC(O)C(O)C(CO)NC(=O)C(O)CCCCCCCCCCCCCCCCCC/C=C\C/C=C\CCCCCCCCCCCCCCCCC. The van der Waals surface area contributed by atoms with Crippen LogP contribution in [-0.2, 0) is 4.79 Å². The van der Waals surface area contributed by atoms with Gasteiger partial charge in [0.2, 0.25) is 5.91 Å². The minimum absolute atomic E-state index is 0.358. The average Bonchev–Trinajstić information content (AvgIpc) is 3.39. The smallest absolute Gasteiger partial charge is 0.249 e. The summed E-state index contributed by atoms with van der Waals surface area (Å²) in [5, 5.41) is 44.0. The molecular formula is C66H123NO5. The van der Waals surface area contributed by atoms with Crippen LogP contribution in [0.4, 0.5) is 0 Å². The number of carbonyl (C=O) groups excluding carboxylic acids is 1. The molecule has 6 heteroatoms. The van der Waals surface area contributed by atoms with E-state index in [-0.39, 0.29) is 0 Å². The van der Waals surface area contributed by atoms with Crippen LogP contribution in [0.25, 0.3) is 0 Å². The minimum Gasteiger partial charge on any atom is -0.394 e. The molecule has 0 heterocycles. The molecule has 4 unspecified atom stereocenters. The molecule has 1 amide bonds. The van der Waals surface area contributed by atoms with Gasteiger partial charge in [0.25, 0.3) is 0 Å². The van der Waals surface area contributed by atoms with Crippen molar-refractivity contribution in [1.29, 1.82) is 0 Å². The third kappa shape index (κ3) is 52.9. The van der Waals surface area contributed by atoms with Crippen molar-refractivity contribution < 1.29 is 25.2 Å². The van der Waals surface area contributed by atoms with E-state index in [1.807, 2.05) is 0 Å². The van der Waals surface area contributed by atoms with Gasteiger partial charge in [0.05, 0.1) is 18.8 Å². The Bertz CT molecular complexity index is 1230. The van der Waals surface area contributed by atoms with Crippen LogP contribution in [0.5, 0.6) is 0 Å². The van der Waals surface area contributed by atoms with E-state index in [9.17, 15) is 25.2 Å². The van der Waals surface area contributed by atoms with Crippen LogP contribution >= 0.6 is 0 Å². The third-order valence-electron chi connectivity index (χ3n) is 14.7. The second-order valence-electron chi connectivity index (χ2n) is 21.7. The van der Waals surface area contributed by atoms with E-state index in [1.54, 1.807) is 0 Å². The monoisotopic (exact) mass is 1010 g/mol.